The third kappa shape index (κ3) is 4.72. The Morgan fingerprint density at radius 1 is 1.45 bits per heavy atom. The van der Waals surface area contributed by atoms with Crippen molar-refractivity contribution in [3.8, 4) is 5.88 Å². The van der Waals surface area contributed by atoms with Gasteiger partial charge in [-0.3, -0.25) is 4.79 Å². The molecule has 0 aliphatic rings. The Labute approximate surface area is 123 Å². The molecule has 0 saturated heterocycles. The molecule has 112 valence electrons. The van der Waals surface area contributed by atoms with Crippen molar-refractivity contribution in [3.05, 3.63) is 20.9 Å². The van der Waals surface area contributed by atoms with Gasteiger partial charge < -0.3 is 9.47 Å². The van der Waals surface area contributed by atoms with Gasteiger partial charge in [0.1, 0.15) is 5.69 Å². The number of hydrogen-bond donors (Lipinski definition) is 0. The van der Waals surface area contributed by atoms with E-state index in [0.717, 1.165) is 13.2 Å². The number of carbonyl (C=O) groups is 1. The maximum Gasteiger partial charge on any atom is 0.574 e. The fourth-order valence-electron chi connectivity index (χ4n) is 1.28. The largest absolute Gasteiger partial charge is 0.574 e. The fraction of sp³-hybridized carbons (Fsp3) is 0.400. The zero-order valence-corrected chi connectivity index (χ0v) is 12.0. The predicted octanol–water partition coefficient (Wildman–Crippen LogP) is 3.24. The SMILES string of the molecule is COC(=O)Cc1c(I)cc(OC(F)(F)F)nc1C(F)F. The lowest BCUT2D eigenvalue weighted by Gasteiger charge is -2.13. The van der Waals surface area contributed by atoms with Gasteiger partial charge in [0.05, 0.1) is 13.5 Å². The van der Waals surface area contributed by atoms with E-state index in [4.69, 9.17) is 0 Å². The molecule has 1 rings (SSSR count). The molecular formula is C10H7F5INO3. The summed E-state index contributed by atoms with van der Waals surface area (Å²) in [4.78, 5) is 14.2. The first kappa shape index (κ1) is 16.9. The van der Waals surface area contributed by atoms with Crippen LogP contribution in [0, 0.1) is 3.57 Å². The summed E-state index contributed by atoms with van der Waals surface area (Å²) in [5.41, 5.74) is -1.14. The summed E-state index contributed by atoms with van der Waals surface area (Å²) >= 11 is 1.52. The number of esters is 1. The zero-order valence-electron chi connectivity index (χ0n) is 9.80. The van der Waals surface area contributed by atoms with Gasteiger partial charge >= 0.3 is 12.3 Å². The first-order chi connectivity index (χ1) is 9.14. The maximum atomic E-state index is 12.8. The summed E-state index contributed by atoms with van der Waals surface area (Å²) in [5.74, 6) is -1.82. The van der Waals surface area contributed by atoms with Crippen LogP contribution in [0.5, 0.6) is 5.88 Å². The summed E-state index contributed by atoms with van der Waals surface area (Å²) in [5, 5.41) is 0. The first-order valence-electron chi connectivity index (χ1n) is 4.94. The summed E-state index contributed by atoms with van der Waals surface area (Å²) in [6, 6.07) is 0.818. The Hall–Kier alpha value is -1.20. The first-order valence-corrected chi connectivity index (χ1v) is 6.02. The van der Waals surface area contributed by atoms with Crippen molar-refractivity contribution in [1.82, 2.24) is 4.98 Å². The second kappa shape index (κ2) is 6.50. The molecule has 1 aromatic rings. The quantitative estimate of drug-likeness (QED) is 0.434. The van der Waals surface area contributed by atoms with Gasteiger partial charge in [-0.15, -0.1) is 13.2 Å². The van der Waals surface area contributed by atoms with Gasteiger partial charge in [0.15, 0.2) is 0 Å². The highest BCUT2D eigenvalue weighted by molar-refractivity contribution is 14.1. The van der Waals surface area contributed by atoms with Crippen LogP contribution < -0.4 is 4.74 Å². The van der Waals surface area contributed by atoms with Gasteiger partial charge in [-0.1, -0.05) is 0 Å². The van der Waals surface area contributed by atoms with Crippen LogP contribution in [-0.4, -0.2) is 24.4 Å². The van der Waals surface area contributed by atoms with Gasteiger partial charge in [-0.05, 0) is 22.6 Å². The lowest BCUT2D eigenvalue weighted by atomic mass is 10.1. The molecular weight excluding hydrogens is 404 g/mol. The predicted molar refractivity (Wildman–Crippen MR) is 64.3 cm³/mol. The Morgan fingerprint density at radius 3 is 2.50 bits per heavy atom. The highest BCUT2D eigenvalue weighted by Crippen LogP contribution is 2.30. The number of ether oxygens (including phenoxy) is 2. The van der Waals surface area contributed by atoms with Crippen LogP contribution in [0.3, 0.4) is 0 Å². The summed E-state index contributed by atoms with van der Waals surface area (Å²) in [6.07, 6.45) is -8.72. The Balaban J connectivity index is 3.22. The number of halogens is 6. The molecule has 0 aliphatic heterocycles. The van der Waals surface area contributed by atoms with Crippen LogP contribution >= 0.6 is 22.6 Å². The van der Waals surface area contributed by atoms with Gasteiger partial charge in [0, 0.05) is 15.2 Å². The van der Waals surface area contributed by atoms with Crippen LogP contribution in [0.4, 0.5) is 22.0 Å². The monoisotopic (exact) mass is 411 g/mol. The highest BCUT2D eigenvalue weighted by Gasteiger charge is 2.33. The molecule has 1 aromatic heterocycles. The molecule has 0 spiro atoms. The minimum Gasteiger partial charge on any atom is -0.469 e. The van der Waals surface area contributed by atoms with Gasteiger partial charge in [-0.25, -0.2) is 13.8 Å². The number of carbonyl (C=O) groups excluding carboxylic acids is 1. The average Bonchev–Trinajstić information content (AvgIpc) is 2.29. The van der Waals surface area contributed by atoms with Crippen LogP contribution in [0.25, 0.3) is 0 Å². The third-order valence-electron chi connectivity index (χ3n) is 2.05. The molecule has 10 heteroatoms. The smallest absolute Gasteiger partial charge is 0.469 e. The number of rotatable bonds is 4. The standard InChI is InChI=1S/C10H7F5INO3/c1-19-7(18)2-4-5(16)3-6(20-10(13,14)15)17-8(4)9(11)12/h3,9H,2H2,1H3. The number of pyridine rings is 1. The summed E-state index contributed by atoms with van der Waals surface area (Å²) < 4.78 is 69.6. The normalized spacial score (nSPS) is 11.6. The zero-order chi connectivity index (χ0) is 15.5. The van der Waals surface area contributed by atoms with Gasteiger partial charge in [0.25, 0.3) is 6.43 Å². The Bertz CT molecular complexity index is 506. The molecule has 1 heterocycles. The van der Waals surface area contributed by atoms with E-state index in [1.807, 2.05) is 0 Å². The van der Waals surface area contributed by atoms with Gasteiger partial charge in [0.2, 0.25) is 5.88 Å². The van der Waals surface area contributed by atoms with Crippen molar-refractivity contribution in [3.63, 3.8) is 0 Å². The lowest BCUT2D eigenvalue weighted by molar-refractivity contribution is -0.276. The van der Waals surface area contributed by atoms with E-state index in [1.54, 1.807) is 0 Å². The molecule has 0 unspecified atom stereocenters. The molecule has 0 fully saturated rings. The van der Waals surface area contributed by atoms with Crippen LogP contribution in [0.2, 0.25) is 0 Å². The second-order valence-corrected chi connectivity index (χ2v) is 4.57. The molecule has 20 heavy (non-hydrogen) atoms. The number of alkyl halides is 5. The molecule has 0 amide bonds. The van der Waals surface area contributed by atoms with E-state index < -0.39 is 36.8 Å². The third-order valence-corrected chi connectivity index (χ3v) is 3.02. The molecule has 0 radical (unpaired) electrons. The Morgan fingerprint density at radius 2 is 2.05 bits per heavy atom. The van der Waals surface area contributed by atoms with Crippen LogP contribution in [0.15, 0.2) is 6.07 Å². The molecule has 0 saturated carbocycles. The second-order valence-electron chi connectivity index (χ2n) is 3.41. The summed E-state index contributed by atoms with van der Waals surface area (Å²) in [6.45, 7) is 0. The van der Waals surface area contributed by atoms with Crippen molar-refractivity contribution < 1.29 is 36.2 Å². The van der Waals surface area contributed by atoms with Crippen molar-refractivity contribution in [2.45, 2.75) is 19.2 Å². The number of methoxy groups -OCH3 is 1. The topological polar surface area (TPSA) is 48.4 Å². The Kier molecular flexibility index (Phi) is 5.48. The minimum atomic E-state index is -5.04. The lowest BCUT2D eigenvalue weighted by Crippen LogP contribution is -2.19. The maximum absolute atomic E-state index is 12.8. The molecule has 0 bridgehead atoms. The van der Waals surface area contributed by atoms with Crippen LogP contribution in [-0.2, 0) is 16.0 Å². The van der Waals surface area contributed by atoms with E-state index in [2.05, 4.69) is 14.5 Å². The van der Waals surface area contributed by atoms with E-state index in [-0.39, 0.29) is 9.13 Å². The fourth-order valence-corrected chi connectivity index (χ4v) is 2.01. The molecule has 0 N–H and O–H groups in total. The van der Waals surface area contributed by atoms with Crippen LogP contribution in [0.1, 0.15) is 17.7 Å². The van der Waals surface area contributed by atoms with E-state index in [9.17, 15) is 26.7 Å². The minimum absolute atomic E-state index is 0.00227. The van der Waals surface area contributed by atoms with Gasteiger partial charge in [-0.2, -0.15) is 0 Å². The number of hydrogen-bond acceptors (Lipinski definition) is 4. The average molecular weight is 411 g/mol. The molecule has 0 aliphatic carbocycles. The van der Waals surface area contributed by atoms with Crippen molar-refractivity contribution in [1.29, 1.82) is 0 Å². The highest BCUT2D eigenvalue weighted by atomic mass is 127. The molecule has 0 aromatic carbocycles. The van der Waals surface area contributed by atoms with E-state index in [1.165, 1.54) is 22.6 Å². The van der Waals surface area contributed by atoms with Crippen molar-refractivity contribution >= 4 is 28.6 Å². The van der Waals surface area contributed by atoms with E-state index in [0.29, 0.717) is 0 Å². The van der Waals surface area contributed by atoms with Crippen molar-refractivity contribution in [2.75, 3.05) is 7.11 Å². The summed E-state index contributed by atoms with van der Waals surface area (Å²) in [7, 11) is 1.06. The molecule has 4 nitrogen and oxygen atoms in total. The molecule has 0 atom stereocenters. The van der Waals surface area contributed by atoms with E-state index >= 15 is 0 Å². The number of aromatic nitrogens is 1. The van der Waals surface area contributed by atoms with Crippen molar-refractivity contribution in [2.24, 2.45) is 0 Å². The number of nitrogens with zero attached hydrogens (tertiary/aromatic N) is 1.